The largest absolute Gasteiger partial charge is 0.496 e. The Balaban J connectivity index is 1.87. The van der Waals surface area contributed by atoms with Gasteiger partial charge in [0.15, 0.2) is 0 Å². The molecule has 0 unspecified atom stereocenters. The van der Waals surface area contributed by atoms with Crippen LogP contribution >= 0.6 is 0 Å². The number of para-hydroxylation sites is 1. The SMILES string of the molecule is COc1ccccc1CCN(C)Cc1cc(N)n[nH]1. The summed E-state index contributed by atoms with van der Waals surface area (Å²) in [5.41, 5.74) is 7.83. The first-order chi connectivity index (χ1) is 9.19. The van der Waals surface area contributed by atoms with Gasteiger partial charge in [0.2, 0.25) is 0 Å². The number of aromatic amines is 1. The van der Waals surface area contributed by atoms with E-state index >= 15 is 0 Å². The molecule has 2 rings (SSSR count). The van der Waals surface area contributed by atoms with Crippen molar-refractivity contribution in [2.45, 2.75) is 13.0 Å². The maximum atomic E-state index is 5.58. The number of H-pyrrole nitrogens is 1. The van der Waals surface area contributed by atoms with Crippen LogP contribution in [0.1, 0.15) is 11.3 Å². The van der Waals surface area contributed by atoms with E-state index in [1.165, 1.54) is 5.56 Å². The third-order valence-electron chi connectivity index (χ3n) is 3.05. The number of hydrogen-bond donors (Lipinski definition) is 2. The van der Waals surface area contributed by atoms with Crippen LogP contribution in [0, 0.1) is 0 Å². The molecule has 0 saturated heterocycles. The molecule has 2 aromatic rings. The van der Waals surface area contributed by atoms with Crippen molar-refractivity contribution in [1.29, 1.82) is 0 Å². The van der Waals surface area contributed by atoms with Crippen LogP contribution in [-0.4, -0.2) is 35.8 Å². The summed E-state index contributed by atoms with van der Waals surface area (Å²) >= 11 is 0. The monoisotopic (exact) mass is 260 g/mol. The van der Waals surface area contributed by atoms with E-state index in [1.807, 2.05) is 24.3 Å². The normalized spacial score (nSPS) is 10.9. The highest BCUT2D eigenvalue weighted by Gasteiger charge is 2.06. The van der Waals surface area contributed by atoms with Crippen molar-refractivity contribution >= 4 is 5.82 Å². The number of nitrogens with one attached hydrogen (secondary N) is 1. The average molecular weight is 260 g/mol. The first kappa shape index (κ1) is 13.4. The van der Waals surface area contributed by atoms with E-state index in [9.17, 15) is 0 Å². The van der Waals surface area contributed by atoms with Crippen molar-refractivity contribution in [1.82, 2.24) is 15.1 Å². The highest BCUT2D eigenvalue weighted by molar-refractivity contribution is 5.33. The molecule has 0 spiro atoms. The van der Waals surface area contributed by atoms with E-state index in [-0.39, 0.29) is 0 Å². The molecule has 19 heavy (non-hydrogen) atoms. The quantitative estimate of drug-likeness (QED) is 0.829. The maximum Gasteiger partial charge on any atom is 0.145 e. The summed E-state index contributed by atoms with van der Waals surface area (Å²) in [5.74, 6) is 1.48. The van der Waals surface area contributed by atoms with Crippen LogP contribution < -0.4 is 10.5 Å². The number of ether oxygens (including phenoxy) is 1. The lowest BCUT2D eigenvalue weighted by Gasteiger charge is -2.16. The molecule has 1 aromatic carbocycles. The highest BCUT2D eigenvalue weighted by atomic mass is 16.5. The number of likely N-dealkylation sites (N-methyl/N-ethyl adjacent to an activating group) is 1. The second kappa shape index (κ2) is 6.24. The molecule has 0 aliphatic rings. The summed E-state index contributed by atoms with van der Waals surface area (Å²) in [7, 11) is 3.78. The Hall–Kier alpha value is -2.01. The molecular formula is C14H20N4O. The Morgan fingerprint density at radius 3 is 2.84 bits per heavy atom. The molecule has 1 heterocycles. The molecule has 0 aliphatic heterocycles. The van der Waals surface area contributed by atoms with Crippen molar-refractivity contribution < 1.29 is 4.74 Å². The van der Waals surface area contributed by atoms with Crippen LogP contribution in [0.15, 0.2) is 30.3 Å². The minimum absolute atomic E-state index is 0.535. The van der Waals surface area contributed by atoms with Gasteiger partial charge in [0.25, 0.3) is 0 Å². The van der Waals surface area contributed by atoms with Gasteiger partial charge in [0.1, 0.15) is 11.6 Å². The van der Waals surface area contributed by atoms with E-state index in [1.54, 1.807) is 7.11 Å². The van der Waals surface area contributed by atoms with Crippen LogP contribution in [0.4, 0.5) is 5.82 Å². The summed E-state index contributed by atoms with van der Waals surface area (Å²) in [6, 6.07) is 9.97. The van der Waals surface area contributed by atoms with Gasteiger partial charge in [0.05, 0.1) is 12.8 Å². The van der Waals surface area contributed by atoms with Crippen LogP contribution in [0.3, 0.4) is 0 Å². The number of benzene rings is 1. The molecule has 5 nitrogen and oxygen atoms in total. The molecule has 0 fully saturated rings. The number of nitrogen functional groups attached to an aromatic ring is 1. The minimum atomic E-state index is 0.535. The summed E-state index contributed by atoms with van der Waals surface area (Å²) in [4.78, 5) is 2.22. The molecule has 0 atom stereocenters. The van der Waals surface area contributed by atoms with Gasteiger partial charge < -0.3 is 15.4 Å². The number of methoxy groups -OCH3 is 1. The van der Waals surface area contributed by atoms with Gasteiger partial charge in [-0.1, -0.05) is 18.2 Å². The van der Waals surface area contributed by atoms with E-state index in [0.29, 0.717) is 5.82 Å². The van der Waals surface area contributed by atoms with E-state index < -0.39 is 0 Å². The fraction of sp³-hybridized carbons (Fsp3) is 0.357. The van der Waals surface area contributed by atoms with Crippen LogP contribution in [0.5, 0.6) is 5.75 Å². The Morgan fingerprint density at radius 1 is 1.37 bits per heavy atom. The van der Waals surface area contributed by atoms with Gasteiger partial charge in [-0.3, -0.25) is 5.10 Å². The number of aromatic nitrogens is 2. The number of nitrogens with zero attached hydrogens (tertiary/aromatic N) is 2. The van der Waals surface area contributed by atoms with Gasteiger partial charge in [-0.2, -0.15) is 5.10 Å². The summed E-state index contributed by atoms with van der Waals surface area (Å²) in [5, 5.41) is 6.84. The Kier molecular flexibility index (Phi) is 4.41. The topological polar surface area (TPSA) is 67.2 Å². The fourth-order valence-electron chi connectivity index (χ4n) is 2.05. The van der Waals surface area contributed by atoms with E-state index in [0.717, 1.165) is 31.0 Å². The number of hydrogen-bond acceptors (Lipinski definition) is 4. The van der Waals surface area contributed by atoms with Crippen molar-refractivity contribution in [3.05, 3.63) is 41.6 Å². The van der Waals surface area contributed by atoms with Crippen molar-refractivity contribution in [2.75, 3.05) is 26.4 Å². The molecule has 5 heteroatoms. The molecule has 3 N–H and O–H groups in total. The Labute approximate surface area is 113 Å². The molecule has 102 valence electrons. The van der Waals surface area contributed by atoms with Gasteiger partial charge in [-0.25, -0.2) is 0 Å². The molecule has 0 aliphatic carbocycles. The Morgan fingerprint density at radius 2 is 2.16 bits per heavy atom. The summed E-state index contributed by atoms with van der Waals surface area (Å²) < 4.78 is 5.35. The van der Waals surface area contributed by atoms with Crippen LogP contribution in [0.2, 0.25) is 0 Å². The first-order valence-corrected chi connectivity index (χ1v) is 6.29. The van der Waals surface area contributed by atoms with Crippen molar-refractivity contribution in [3.63, 3.8) is 0 Å². The van der Waals surface area contributed by atoms with Gasteiger partial charge in [0, 0.05) is 19.2 Å². The van der Waals surface area contributed by atoms with Gasteiger partial charge in [-0.05, 0) is 25.1 Å². The maximum absolute atomic E-state index is 5.58. The summed E-state index contributed by atoms with van der Waals surface area (Å²) in [6.45, 7) is 1.75. The predicted molar refractivity (Wildman–Crippen MR) is 76.0 cm³/mol. The molecular weight excluding hydrogens is 240 g/mol. The third-order valence-corrected chi connectivity index (χ3v) is 3.05. The van der Waals surface area contributed by atoms with Crippen LogP contribution in [-0.2, 0) is 13.0 Å². The average Bonchev–Trinajstić information content (AvgIpc) is 2.82. The molecule has 0 saturated carbocycles. The lowest BCUT2D eigenvalue weighted by atomic mass is 10.1. The number of nitrogens with two attached hydrogens (primary N) is 1. The first-order valence-electron chi connectivity index (χ1n) is 6.29. The Bertz CT molecular complexity index is 524. The second-order valence-electron chi connectivity index (χ2n) is 4.62. The lowest BCUT2D eigenvalue weighted by Crippen LogP contribution is -2.21. The molecule has 1 aromatic heterocycles. The van der Waals surface area contributed by atoms with Gasteiger partial charge in [-0.15, -0.1) is 0 Å². The second-order valence-corrected chi connectivity index (χ2v) is 4.62. The smallest absolute Gasteiger partial charge is 0.145 e. The standard InChI is InChI=1S/C14H20N4O/c1-18(10-12-9-14(15)17-16-12)8-7-11-5-3-4-6-13(11)19-2/h3-6,9H,7-8,10H2,1-2H3,(H3,15,16,17). The fourth-order valence-corrected chi connectivity index (χ4v) is 2.05. The molecule has 0 amide bonds. The van der Waals surface area contributed by atoms with Crippen LogP contribution in [0.25, 0.3) is 0 Å². The lowest BCUT2D eigenvalue weighted by molar-refractivity contribution is 0.324. The van der Waals surface area contributed by atoms with Gasteiger partial charge >= 0.3 is 0 Å². The number of rotatable bonds is 6. The molecule has 0 bridgehead atoms. The minimum Gasteiger partial charge on any atom is -0.496 e. The van der Waals surface area contributed by atoms with E-state index in [4.69, 9.17) is 10.5 Å². The van der Waals surface area contributed by atoms with E-state index in [2.05, 4.69) is 28.2 Å². The number of anilines is 1. The third kappa shape index (κ3) is 3.72. The highest BCUT2D eigenvalue weighted by Crippen LogP contribution is 2.18. The predicted octanol–water partition coefficient (Wildman–Crippen LogP) is 1.67. The van der Waals surface area contributed by atoms with Crippen molar-refractivity contribution in [3.8, 4) is 5.75 Å². The zero-order chi connectivity index (χ0) is 13.7. The molecule has 0 radical (unpaired) electrons. The zero-order valence-corrected chi connectivity index (χ0v) is 11.4. The van der Waals surface area contributed by atoms with Crippen molar-refractivity contribution in [2.24, 2.45) is 0 Å². The zero-order valence-electron chi connectivity index (χ0n) is 11.4. The summed E-state index contributed by atoms with van der Waals surface area (Å²) in [6.07, 6.45) is 0.949.